The largest absolute Gasteiger partial charge is 0.454 e. The number of nitrogens with zero attached hydrogens (tertiary/aromatic N) is 1. The Morgan fingerprint density at radius 1 is 0.964 bits per heavy atom. The number of benzene rings is 3. The highest BCUT2D eigenvalue weighted by atomic mass is 19.1. The smallest absolute Gasteiger partial charge is 0.323 e. The second-order valence-electron chi connectivity index (χ2n) is 6.20. The fourth-order valence-electron chi connectivity index (χ4n) is 2.94. The summed E-state index contributed by atoms with van der Waals surface area (Å²) < 4.78 is 19.5. The van der Waals surface area contributed by atoms with E-state index in [1.165, 1.54) is 29.2 Å². The number of halogens is 1. The van der Waals surface area contributed by atoms with Gasteiger partial charge in [-0.1, -0.05) is 24.3 Å². The van der Waals surface area contributed by atoms with Crippen molar-refractivity contribution in [2.24, 2.45) is 0 Å². The number of hydrogen-bond donors (Lipinski definition) is 2. The molecule has 28 heavy (non-hydrogen) atoms. The average molecular weight is 377 g/mol. The van der Waals surface area contributed by atoms with E-state index in [0.717, 1.165) is 0 Å². The van der Waals surface area contributed by atoms with Gasteiger partial charge in [-0.2, -0.15) is 0 Å². The van der Waals surface area contributed by atoms with E-state index in [9.17, 15) is 14.0 Å². The molecule has 3 aromatic rings. The fourth-order valence-corrected chi connectivity index (χ4v) is 2.94. The molecule has 7 heteroatoms. The molecule has 1 aliphatic rings. The van der Waals surface area contributed by atoms with Crippen LogP contribution in [0.25, 0.3) is 0 Å². The number of urea groups is 1. The predicted molar refractivity (Wildman–Crippen MR) is 105 cm³/mol. The van der Waals surface area contributed by atoms with Gasteiger partial charge in [0, 0.05) is 12.7 Å². The van der Waals surface area contributed by atoms with Gasteiger partial charge in [0.05, 0.1) is 16.9 Å². The molecule has 0 aromatic heterocycles. The molecule has 0 spiro atoms. The van der Waals surface area contributed by atoms with Crippen LogP contribution in [0, 0.1) is 5.82 Å². The van der Waals surface area contributed by atoms with Crippen molar-refractivity contribution in [3.8, 4) is 11.5 Å². The SMILES string of the molecule is CN1C(=O)c2cc(NC(=O)Nc3ccccc3F)ccc2Oc2ccccc21. The van der Waals surface area contributed by atoms with Crippen molar-refractivity contribution in [2.75, 3.05) is 22.6 Å². The molecule has 3 aromatic carbocycles. The van der Waals surface area contributed by atoms with Crippen molar-refractivity contribution in [2.45, 2.75) is 0 Å². The molecule has 0 saturated heterocycles. The van der Waals surface area contributed by atoms with Crippen LogP contribution < -0.4 is 20.3 Å². The Balaban J connectivity index is 1.58. The summed E-state index contributed by atoms with van der Waals surface area (Å²) in [6.07, 6.45) is 0. The van der Waals surface area contributed by atoms with Crippen LogP contribution in [0.5, 0.6) is 11.5 Å². The van der Waals surface area contributed by atoms with Crippen molar-refractivity contribution in [3.05, 3.63) is 78.1 Å². The Labute approximate surface area is 160 Å². The summed E-state index contributed by atoms with van der Waals surface area (Å²) in [5.41, 5.74) is 1.39. The Bertz CT molecular complexity index is 1080. The minimum Gasteiger partial charge on any atom is -0.454 e. The van der Waals surface area contributed by atoms with Crippen molar-refractivity contribution in [1.29, 1.82) is 0 Å². The first-order chi connectivity index (χ1) is 13.5. The quantitative estimate of drug-likeness (QED) is 0.671. The van der Waals surface area contributed by atoms with Crippen molar-refractivity contribution in [3.63, 3.8) is 0 Å². The topological polar surface area (TPSA) is 70.7 Å². The van der Waals surface area contributed by atoms with Crippen LogP contribution in [0.4, 0.5) is 26.2 Å². The van der Waals surface area contributed by atoms with Crippen molar-refractivity contribution < 1.29 is 18.7 Å². The summed E-state index contributed by atoms with van der Waals surface area (Å²) >= 11 is 0. The van der Waals surface area contributed by atoms with Crippen LogP contribution in [0.2, 0.25) is 0 Å². The zero-order valence-electron chi connectivity index (χ0n) is 14.9. The number of fused-ring (bicyclic) bond motifs is 2. The molecule has 0 unspecified atom stereocenters. The van der Waals surface area contributed by atoms with Gasteiger partial charge in [0.15, 0.2) is 5.75 Å². The highest BCUT2D eigenvalue weighted by Gasteiger charge is 2.25. The first-order valence-corrected chi connectivity index (χ1v) is 8.54. The van der Waals surface area contributed by atoms with Gasteiger partial charge >= 0.3 is 6.03 Å². The summed E-state index contributed by atoms with van der Waals surface area (Å²) in [6.45, 7) is 0. The molecule has 3 amide bonds. The number of hydrogen-bond acceptors (Lipinski definition) is 3. The van der Waals surface area contributed by atoms with Crippen LogP contribution in [-0.4, -0.2) is 19.0 Å². The van der Waals surface area contributed by atoms with Gasteiger partial charge in [-0.15, -0.1) is 0 Å². The second kappa shape index (κ2) is 7.03. The Morgan fingerprint density at radius 2 is 1.71 bits per heavy atom. The molecule has 2 N–H and O–H groups in total. The monoisotopic (exact) mass is 377 g/mol. The molecular formula is C21H16FN3O3. The van der Waals surface area contributed by atoms with E-state index in [-0.39, 0.29) is 11.6 Å². The standard InChI is InChI=1S/C21H16FN3O3/c1-25-17-8-4-5-9-19(17)28-18-11-10-13(12-14(18)20(25)26)23-21(27)24-16-7-3-2-6-15(16)22/h2-12H,1H3,(H2,23,24,27). The summed E-state index contributed by atoms with van der Waals surface area (Å²) in [7, 11) is 1.66. The number of rotatable bonds is 2. The molecule has 0 atom stereocenters. The summed E-state index contributed by atoms with van der Waals surface area (Å²) in [5.74, 6) is 0.151. The third-order valence-electron chi connectivity index (χ3n) is 4.34. The van der Waals surface area contributed by atoms with E-state index in [2.05, 4.69) is 10.6 Å². The van der Waals surface area contributed by atoms with Gasteiger partial charge in [-0.05, 0) is 42.5 Å². The molecular weight excluding hydrogens is 361 g/mol. The number of anilines is 3. The van der Waals surface area contributed by atoms with Gasteiger partial charge in [-0.25, -0.2) is 9.18 Å². The Morgan fingerprint density at radius 3 is 2.54 bits per heavy atom. The maximum atomic E-state index is 13.7. The first-order valence-electron chi connectivity index (χ1n) is 8.54. The predicted octanol–water partition coefficient (Wildman–Crippen LogP) is 4.85. The average Bonchev–Trinajstić information content (AvgIpc) is 2.79. The first kappa shape index (κ1) is 17.5. The van der Waals surface area contributed by atoms with Crippen LogP contribution in [-0.2, 0) is 0 Å². The van der Waals surface area contributed by atoms with Crippen molar-refractivity contribution >= 4 is 29.0 Å². The van der Waals surface area contributed by atoms with Gasteiger partial charge in [0.1, 0.15) is 11.6 Å². The van der Waals surface area contributed by atoms with E-state index in [1.54, 1.807) is 37.4 Å². The highest BCUT2D eigenvalue weighted by Crippen LogP contribution is 2.38. The van der Waals surface area contributed by atoms with Gasteiger partial charge in [0.2, 0.25) is 0 Å². The van der Waals surface area contributed by atoms with E-state index in [0.29, 0.717) is 28.4 Å². The zero-order chi connectivity index (χ0) is 19.7. The third-order valence-corrected chi connectivity index (χ3v) is 4.34. The number of para-hydroxylation sites is 3. The Kier molecular flexibility index (Phi) is 4.41. The molecule has 140 valence electrons. The molecule has 0 saturated carbocycles. The van der Waals surface area contributed by atoms with E-state index < -0.39 is 11.8 Å². The van der Waals surface area contributed by atoms with Crippen LogP contribution in [0.15, 0.2) is 66.7 Å². The maximum absolute atomic E-state index is 13.7. The minimum atomic E-state index is -0.622. The van der Waals surface area contributed by atoms with E-state index in [1.807, 2.05) is 12.1 Å². The second-order valence-corrected chi connectivity index (χ2v) is 6.20. The maximum Gasteiger partial charge on any atom is 0.323 e. The lowest BCUT2D eigenvalue weighted by molar-refractivity contribution is 0.0993. The molecule has 1 heterocycles. The molecule has 0 fully saturated rings. The third kappa shape index (κ3) is 3.25. The molecule has 0 aliphatic carbocycles. The molecule has 1 aliphatic heterocycles. The molecule has 4 rings (SSSR count). The summed E-state index contributed by atoms with van der Waals surface area (Å²) in [5, 5.41) is 5.04. The summed E-state index contributed by atoms with van der Waals surface area (Å²) in [4.78, 5) is 26.5. The Hall–Kier alpha value is -3.87. The number of nitrogens with one attached hydrogen (secondary N) is 2. The fraction of sp³-hybridized carbons (Fsp3) is 0.0476. The molecule has 0 radical (unpaired) electrons. The van der Waals surface area contributed by atoms with Crippen LogP contribution >= 0.6 is 0 Å². The zero-order valence-corrected chi connectivity index (χ0v) is 14.9. The lowest BCUT2D eigenvalue weighted by atomic mass is 10.1. The number of ether oxygens (including phenoxy) is 1. The highest BCUT2D eigenvalue weighted by molar-refractivity contribution is 6.10. The minimum absolute atomic E-state index is 0.0596. The molecule has 6 nitrogen and oxygen atoms in total. The van der Waals surface area contributed by atoms with E-state index in [4.69, 9.17) is 4.74 Å². The number of carbonyl (C=O) groups excluding carboxylic acids is 2. The van der Waals surface area contributed by atoms with E-state index >= 15 is 0 Å². The normalized spacial score (nSPS) is 12.4. The number of amides is 3. The number of carbonyl (C=O) groups is 2. The van der Waals surface area contributed by atoms with Gasteiger partial charge < -0.3 is 20.3 Å². The van der Waals surface area contributed by atoms with Crippen LogP contribution in [0.3, 0.4) is 0 Å². The molecule has 0 bridgehead atoms. The lowest BCUT2D eigenvalue weighted by Gasteiger charge is -2.16. The van der Waals surface area contributed by atoms with Gasteiger partial charge in [0.25, 0.3) is 5.91 Å². The van der Waals surface area contributed by atoms with Crippen molar-refractivity contribution in [1.82, 2.24) is 0 Å². The lowest BCUT2D eigenvalue weighted by Crippen LogP contribution is -2.25. The van der Waals surface area contributed by atoms with Gasteiger partial charge in [-0.3, -0.25) is 4.79 Å². The summed E-state index contributed by atoms with van der Waals surface area (Å²) in [6, 6.07) is 17.2. The van der Waals surface area contributed by atoms with Crippen LogP contribution in [0.1, 0.15) is 10.4 Å².